The van der Waals surface area contributed by atoms with Crippen molar-refractivity contribution in [2.75, 3.05) is 0 Å². The number of hydrogen-bond acceptors (Lipinski definition) is 2. The van der Waals surface area contributed by atoms with Crippen LogP contribution in [0.15, 0.2) is 146 Å². The normalized spacial score (nSPS) is 11.5. The molecule has 40 heavy (non-hydrogen) atoms. The number of benzene rings is 6. The van der Waals surface area contributed by atoms with E-state index in [-0.39, 0.29) is 0 Å². The van der Waals surface area contributed by atoms with Gasteiger partial charge in [0.25, 0.3) is 0 Å². The maximum atomic E-state index is 4.51. The van der Waals surface area contributed by atoms with Crippen molar-refractivity contribution in [1.82, 2.24) is 9.97 Å². The topological polar surface area (TPSA) is 25.8 Å². The largest absolute Gasteiger partial charge is 0.264 e. The maximum Gasteiger partial charge on any atom is 0.0701 e. The van der Waals surface area contributed by atoms with Gasteiger partial charge < -0.3 is 0 Å². The van der Waals surface area contributed by atoms with Crippen LogP contribution in [0, 0.1) is 0 Å². The summed E-state index contributed by atoms with van der Waals surface area (Å²) in [5.74, 6) is 0. The molecule has 8 rings (SSSR count). The molecular formula is C38H24N2. The van der Waals surface area contributed by atoms with Gasteiger partial charge in [-0.2, -0.15) is 0 Å². The minimum absolute atomic E-state index is 0.991. The van der Waals surface area contributed by atoms with E-state index in [9.17, 15) is 0 Å². The van der Waals surface area contributed by atoms with Gasteiger partial charge in [0.1, 0.15) is 0 Å². The van der Waals surface area contributed by atoms with Crippen molar-refractivity contribution in [3.05, 3.63) is 146 Å². The summed E-state index contributed by atoms with van der Waals surface area (Å²) < 4.78 is 0. The zero-order valence-corrected chi connectivity index (χ0v) is 21.8. The van der Waals surface area contributed by atoms with Crippen molar-refractivity contribution in [3.63, 3.8) is 0 Å². The Labute approximate surface area is 232 Å². The van der Waals surface area contributed by atoms with Gasteiger partial charge in [0.2, 0.25) is 0 Å². The standard InChI is InChI=1S/C38H24N2/c1-2-23-40-36(5-1)28-12-10-27(11-13-28)33-19-17-30-15-14-29-16-18-32(34-20-21-35(33)38(30)37(29)34)26-8-6-25(7-9-26)31-4-3-22-39-24-31/h1-24H. The van der Waals surface area contributed by atoms with Crippen molar-refractivity contribution in [3.8, 4) is 44.6 Å². The molecule has 0 atom stereocenters. The first-order chi connectivity index (χ1) is 19.8. The van der Waals surface area contributed by atoms with Crippen LogP contribution >= 0.6 is 0 Å². The van der Waals surface area contributed by atoms with Crippen molar-refractivity contribution in [2.45, 2.75) is 0 Å². The van der Waals surface area contributed by atoms with Gasteiger partial charge in [-0.3, -0.25) is 9.97 Å². The van der Waals surface area contributed by atoms with E-state index in [2.05, 4.69) is 119 Å². The number of pyridine rings is 2. The molecule has 8 aromatic rings. The van der Waals surface area contributed by atoms with Gasteiger partial charge in [0.05, 0.1) is 5.69 Å². The number of nitrogens with zero attached hydrogens (tertiary/aromatic N) is 2. The number of aromatic nitrogens is 2. The van der Waals surface area contributed by atoms with Gasteiger partial charge >= 0.3 is 0 Å². The molecule has 0 spiro atoms. The summed E-state index contributed by atoms with van der Waals surface area (Å²) in [5, 5.41) is 7.76. The van der Waals surface area contributed by atoms with Crippen molar-refractivity contribution in [2.24, 2.45) is 0 Å². The molecule has 0 aliphatic rings. The first-order valence-electron chi connectivity index (χ1n) is 13.6. The van der Waals surface area contributed by atoms with Gasteiger partial charge in [0, 0.05) is 24.2 Å². The predicted octanol–water partition coefficient (Wildman–Crippen LogP) is 10.0. The quantitative estimate of drug-likeness (QED) is 0.221. The second-order valence-electron chi connectivity index (χ2n) is 10.3. The minimum atomic E-state index is 0.991. The molecule has 2 heteroatoms. The fraction of sp³-hybridized carbons (Fsp3) is 0. The molecule has 6 aromatic carbocycles. The Kier molecular flexibility index (Phi) is 5.17. The zero-order valence-electron chi connectivity index (χ0n) is 21.8. The first-order valence-corrected chi connectivity index (χ1v) is 13.6. The SMILES string of the molecule is c1ccc(-c2ccc(-c3ccc4ccc5ccc(-c6ccc(-c7cccnc7)cc6)c6ccc3c4c56)cc2)nc1. The highest BCUT2D eigenvalue weighted by molar-refractivity contribution is 6.27. The van der Waals surface area contributed by atoms with Gasteiger partial charge in [-0.1, -0.05) is 109 Å². The third-order valence-corrected chi connectivity index (χ3v) is 8.01. The summed E-state index contributed by atoms with van der Waals surface area (Å²) in [4.78, 5) is 8.78. The molecule has 0 aliphatic heterocycles. The number of hydrogen-bond donors (Lipinski definition) is 0. The third-order valence-electron chi connectivity index (χ3n) is 8.01. The molecule has 2 heterocycles. The fourth-order valence-electron chi connectivity index (χ4n) is 6.03. The summed E-state index contributed by atoms with van der Waals surface area (Å²) in [5.41, 5.74) is 9.36. The van der Waals surface area contributed by atoms with Crippen LogP contribution in [-0.2, 0) is 0 Å². The van der Waals surface area contributed by atoms with E-state index in [1.807, 2.05) is 36.8 Å². The lowest BCUT2D eigenvalue weighted by Gasteiger charge is -2.17. The second-order valence-corrected chi connectivity index (χ2v) is 10.3. The molecule has 0 saturated heterocycles. The van der Waals surface area contributed by atoms with E-state index in [1.54, 1.807) is 0 Å². The molecule has 2 nitrogen and oxygen atoms in total. The average Bonchev–Trinajstić information content (AvgIpc) is 3.04. The molecule has 0 unspecified atom stereocenters. The Bertz CT molecular complexity index is 1960. The van der Waals surface area contributed by atoms with E-state index in [4.69, 9.17) is 0 Å². The highest BCUT2D eigenvalue weighted by Gasteiger charge is 2.15. The summed E-state index contributed by atoms with van der Waals surface area (Å²) in [6, 6.07) is 45.9. The maximum absolute atomic E-state index is 4.51. The molecule has 2 aromatic heterocycles. The average molecular weight is 509 g/mol. The Morgan fingerprint density at radius 3 is 1.50 bits per heavy atom. The van der Waals surface area contributed by atoms with E-state index in [0.29, 0.717) is 0 Å². The van der Waals surface area contributed by atoms with Crippen LogP contribution in [0.5, 0.6) is 0 Å². The Morgan fingerprint density at radius 2 is 0.950 bits per heavy atom. The van der Waals surface area contributed by atoms with Gasteiger partial charge in [-0.15, -0.1) is 0 Å². The van der Waals surface area contributed by atoms with E-state index in [0.717, 1.165) is 16.8 Å². The second kappa shape index (κ2) is 9.14. The Hall–Kier alpha value is -5.34. The minimum Gasteiger partial charge on any atom is -0.264 e. The summed E-state index contributed by atoms with van der Waals surface area (Å²) in [7, 11) is 0. The van der Waals surface area contributed by atoms with Crippen LogP contribution in [0.3, 0.4) is 0 Å². The molecule has 0 saturated carbocycles. The van der Waals surface area contributed by atoms with E-state index in [1.165, 1.54) is 60.1 Å². The Balaban J connectivity index is 1.27. The number of rotatable bonds is 4. The molecule has 0 aliphatic carbocycles. The zero-order chi connectivity index (χ0) is 26.5. The lowest BCUT2D eigenvalue weighted by molar-refractivity contribution is 1.33. The first kappa shape index (κ1) is 22.6. The van der Waals surface area contributed by atoms with Gasteiger partial charge in [0.15, 0.2) is 0 Å². The van der Waals surface area contributed by atoms with Crippen LogP contribution < -0.4 is 0 Å². The van der Waals surface area contributed by atoms with Crippen LogP contribution in [0.1, 0.15) is 0 Å². The fourth-order valence-corrected chi connectivity index (χ4v) is 6.03. The van der Waals surface area contributed by atoms with Crippen LogP contribution in [0.4, 0.5) is 0 Å². The van der Waals surface area contributed by atoms with Crippen molar-refractivity contribution < 1.29 is 0 Å². The van der Waals surface area contributed by atoms with Gasteiger partial charge in [-0.05, 0) is 83.9 Å². The summed E-state index contributed by atoms with van der Waals surface area (Å²) >= 11 is 0. The van der Waals surface area contributed by atoms with Crippen LogP contribution in [0.2, 0.25) is 0 Å². The Morgan fingerprint density at radius 1 is 0.375 bits per heavy atom. The molecule has 0 radical (unpaired) electrons. The molecule has 186 valence electrons. The smallest absolute Gasteiger partial charge is 0.0701 e. The monoisotopic (exact) mass is 508 g/mol. The third kappa shape index (κ3) is 3.65. The predicted molar refractivity (Wildman–Crippen MR) is 167 cm³/mol. The summed E-state index contributed by atoms with van der Waals surface area (Å²) in [6.45, 7) is 0. The molecule has 0 N–H and O–H groups in total. The van der Waals surface area contributed by atoms with E-state index >= 15 is 0 Å². The lowest BCUT2D eigenvalue weighted by Crippen LogP contribution is -1.90. The lowest BCUT2D eigenvalue weighted by atomic mass is 9.87. The van der Waals surface area contributed by atoms with Crippen molar-refractivity contribution >= 4 is 32.3 Å². The van der Waals surface area contributed by atoms with Gasteiger partial charge in [-0.25, -0.2) is 0 Å². The van der Waals surface area contributed by atoms with Crippen LogP contribution in [0.25, 0.3) is 77.0 Å². The van der Waals surface area contributed by atoms with Crippen LogP contribution in [-0.4, -0.2) is 9.97 Å². The van der Waals surface area contributed by atoms with E-state index < -0.39 is 0 Å². The molecular weight excluding hydrogens is 484 g/mol. The summed E-state index contributed by atoms with van der Waals surface area (Å²) in [6.07, 6.45) is 5.56. The molecule has 0 bridgehead atoms. The highest BCUT2D eigenvalue weighted by Crippen LogP contribution is 2.42. The molecule has 0 fully saturated rings. The molecule has 0 amide bonds. The van der Waals surface area contributed by atoms with Crippen molar-refractivity contribution in [1.29, 1.82) is 0 Å². The highest BCUT2D eigenvalue weighted by atomic mass is 14.7.